The second-order valence-corrected chi connectivity index (χ2v) is 14.6. The van der Waals surface area contributed by atoms with Gasteiger partial charge in [-0.25, -0.2) is 19.2 Å². The van der Waals surface area contributed by atoms with E-state index < -0.39 is 11.4 Å². The molecule has 2 bridgehead atoms. The van der Waals surface area contributed by atoms with Crippen molar-refractivity contribution < 1.29 is 19.0 Å². The number of aromatic nitrogens is 3. The van der Waals surface area contributed by atoms with Crippen molar-refractivity contribution in [1.82, 2.24) is 24.3 Å². The van der Waals surface area contributed by atoms with Crippen LogP contribution in [0.25, 0.3) is 43.8 Å². The number of phenols is 1. The molecule has 9 nitrogen and oxygen atoms in total. The van der Waals surface area contributed by atoms with Crippen LogP contribution in [0.15, 0.2) is 48.8 Å². The van der Waals surface area contributed by atoms with Crippen molar-refractivity contribution in [2.24, 2.45) is 5.92 Å². The second kappa shape index (κ2) is 10.2. The molecule has 5 heterocycles. The van der Waals surface area contributed by atoms with E-state index in [4.69, 9.17) is 26.3 Å². The highest BCUT2D eigenvalue weighted by atomic mass is 35.5. The Bertz CT molecular complexity index is 2070. The van der Waals surface area contributed by atoms with E-state index in [1.807, 2.05) is 56.3 Å². The molecule has 2 aromatic heterocycles. The maximum Gasteiger partial charge on any atom is 0.410 e. The lowest BCUT2D eigenvalue weighted by Gasteiger charge is -2.43. The monoisotopic (exact) mass is 642 g/mol. The summed E-state index contributed by atoms with van der Waals surface area (Å²) in [4.78, 5) is 29.1. The van der Waals surface area contributed by atoms with Gasteiger partial charge in [0.25, 0.3) is 0 Å². The lowest BCUT2D eigenvalue weighted by molar-refractivity contribution is 0.0210. The molecule has 3 aliphatic heterocycles. The number of likely N-dealkylation sites (N-methyl/N-ethyl adjacent to an activating group) is 1. The van der Waals surface area contributed by atoms with Crippen molar-refractivity contribution in [2.75, 3.05) is 38.6 Å². The van der Waals surface area contributed by atoms with Gasteiger partial charge in [0.15, 0.2) is 11.6 Å². The van der Waals surface area contributed by atoms with Crippen LogP contribution in [0.5, 0.6) is 5.75 Å². The van der Waals surface area contributed by atoms with Crippen LogP contribution in [-0.4, -0.2) is 86.9 Å². The summed E-state index contributed by atoms with van der Waals surface area (Å²) in [6, 6.07) is 12.8. The molecule has 1 N–H and O–H groups in total. The summed E-state index contributed by atoms with van der Waals surface area (Å²) in [6.07, 6.45) is 2.37. The fourth-order valence-electron chi connectivity index (χ4n) is 7.53. The highest BCUT2D eigenvalue weighted by Gasteiger charge is 2.56. The van der Waals surface area contributed by atoms with Gasteiger partial charge in [-0.3, -0.25) is 0 Å². The third-order valence-corrected chi connectivity index (χ3v) is 10.2. The highest BCUT2D eigenvalue weighted by molar-refractivity contribution is 6.35. The molecule has 0 spiro atoms. The zero-order chi connectivity index (χ0) is 32.2. The Kier molecular flexibility index (Phi) is 6.47. The number of aromatic hydroxyl groups is 1. The van der Waals surface area contributed by atoms with Crippen LogP contribution in [0.1, 0.15) is 33.2 Å². The zero-order valence-corrected chi connectivity index (χ0v) is 27.2. The fourth-order valence-corrected chi connectivity index (χ4v) is 7.83. The van der Waals surface area contributed by atoms with E-state index in [0.717, 1.165) is 35.8 Å². The first-order chi connectivity index (χ1) is 21.9. The van der Waals surface area contributed by atoms with Gasteiger partial charge in [0.05, 0.1) is 29.0 Å². The van der Waals surface area contributed by atoms with Crippen LogP contribution in [-0.2, 0) is 4.74 Å². The summed E-state index contributed by atoms with van der Waals surface area (Å²) >= 11 is 6.97. The molecule has 11 heteroatoms. The van der Waals surface area contributed by atoms with Crippen molar-refractivity contribution in [3.8, 4) is 16.9 Å². The summed E-state index contributed by atoms with van der Waals surface area (Å²) in [5.41, 5.74) is 1.74. The van der Waals surface area contributed by atoms with Crippen LogP contribution < -0.4 is 4.90 Å². The van der Waals surface area contributed by atoms with Crippen LogP contribution in [0.2, 0.25) is 5.02 Å². The van der Waals surface area contributed by atoms with Crippen molar-refractivity contribution in [2.45, 2.75) is 50.9 Å². The molecule has 4 fully saturated rings. The van der Waals surface area contributed by atoms with Crippen molar-refractivity contribution in [3.63, 3.8) is 0 Å². The largest absolute Gasteiger partial charge is 0.508 e. The number of carbonyl (C=O) groups excluding carboxylic acids is 1. The third kappa shape index (κ3) is 4.41. The SMILES string of the molecule is CN(C)C1CN(c2nc3c(F)c(-c4cc(O)cc5ccccc45)c(Cl)cc3c3c2ncn3C2C3CC2N(C(=O)OC(C)(C)C)C3)C1. The van der Waals surface area contributed by atoms with E-state index in [1.165, 1.54) is 0 Å². The Hall–Kier alpha value is -4.15. The van der Waals surface area contributed by atoms with Crippen molar-refractivity contribution in [1.29, 1.82) is 0 Å². The second-order valence-electron chi connectivity index (χ2n) is 14.2. The van der Waals surface area contributed by atoms with Gasteiger partial charge in [0.1, 0.15) is 22.4 Å². The first kappa shape index (κ1) is 29.3. The molecule has 1 amide bonds. The number of halogens is 2. The number of benzene rings is 3. The Morgan fingerprint density at radius 1 is 1.09 bits per heavy atom. The number of hydrogen-bond donors (Lipinski definition) is 1. The minimum Gasteiger partial charge on any atom is -0.508 e. The summed E-state index contributed by atoms with van der Waals surface area (Å²) in [7, 11) is 4.10. The fraction of sp³-hybridized carbons (Fsp3) is 0.400. The Morgan fingerprint density at radius 2 is 1.85 bits per heavy atom. The van der Waals surface area contributed by atoms with Gasteiger partial charge in [0, 0.05) is 42.5 Å². The number of phenolic OH excluding ortho intramolecular Hbond substituents is 1. The molecule has 46 heavy (non-hydrogen) atoms. The molecule has 3 saturated heterocycles. The van der Waals surface area contributed by atoms with Gasteiger partial charge < -0.3 is 29.1 Å². The Labute approximate surface area is 271 Å². The number of imidazole rings is 1. The highest BCUT2D eigenvalue weighted by Crippen LogP contribution is 2.52. The molecule has 1 saturated carbocycles. The summed E-state index contributed by atoms with van der Waals surface area (Å²) in [5, 5.41) is 12.9. The Balaban J connectivity index is 1.31. The molecule has 3 atom stereocenters. The van der Waals surface area contributed by atoms with Gasteiger partial charge in [-0.15, -0.1) is 0 Å². The summed E-state index contributed by atoms with van der Waals surface area (Å²) in [6.45, 7) is 7.70. The first-order valence-corrected chi connectivity index (χ1v) is 16.1. The van der Waals surface area contributed by atoms with Gasteiger partial charge in [0.2, 0.25) is 0 Å². The third-order valence-electron chi connectivity index (χ3n) is 9.88. The lowest BCUT2D eigenvalue weighted by atomic mass is 9.79. The van der Waals surface area contributed by atoms with E-state index in [0.29, 0.717) is 34.9 Å². The van der Waals surface area contributed by atoms with Gasteiger partial charge in [-0.2, -0.15) is 0 Å². The standard InChI is InChI=1S/C35H36ClFN6O3/c1-35(2,3)46-34(45)42-14-19-11-26(42)31(19)43-17-38-30-32(43)24-13-25(36)27(23-12-21(44)10-18-8-6-7-9-22(18)23)28(37)29(24)39-33(30)41-15-20(16-41)40(4)5/h6-10,12-13,17,19-20,26,31,44H,11,14-16H2,1-5H3. The van der Waals surface area contributed by atoms with E-state index in [2.05, 4.69) is 28.5 Å². The van der Waals surface area contributed by atoms with E-state index in [-0.39, 0.29) is 45.9 Å². The summed E-state index contributed by atoms with van der Waals surface area (Å²) in [5.74, 6) is 0.326. The molecule has 4 aliphatic rings. The van der Waals surface area contributed by atoms with E-state index >= 15 is 4.39 Å². The smallest absolute Gasteiger partial charge is 0.410 e. The van der Waals surface area contributed by atoms with Crippen LogP contribution in [0.3, 0.4) is 0 Å². The molecule has 5 aromatic rings. The molecule has 0 radical (unpaired) electrons. The Morgan fingerprint density at radius 3 is 2.59 bits per heavy atom. The normalized spacial score (nSPS) is 21.4. The van der Waals surface area contributed by atoms with Crippen molar-refractivity contribution in [3.05, 3.63) is 59.6 Å². The molecule has 9 rings (SSSR count). The van der Waals surface area contributed by atoms with Gasteiger partial charge >= 0.3 is 6.09 Å². The average Bonchev–Trinajstić information content (AvgIpc) is 3.66. The summed E-state index contributed by atoms with van der Waals surface area (Å²) < 4.78 is 24.9. The number of rotatable bonds is 4. The number of fused-ring (bicyclic) bond motifs is 5. The number of ether oxygens (including phenoxy) is 1. The van der Waals surface area contributed by atoms with Crippen LogP contribution >= 0.6 is 11.6 Å². The molecule has 3 unspecified atom stereocenters. The maximum absolute atomic E-state index is 17.0. The molecule has 1 aliphatic carbocycles. The van der Waals surface area contributed by atoms with Gasteiger partial charge in [-0.05, 0) is 75.8 Å². The van der Waals surface area contributed by atoms with E-state index in [1.54, 1.807) is 18.2 Å². The number of amides is 1. The number of hydrogen-bond acceptors (Lipinski definition) is 7. The number of carbonyl (C=O) groups is 1. The lowest BCUT2D eigenvalue weighted by Crippen LogP contribution is -2.57. The van der Waals surface area contributed by atoms with Crippen LogP contribution in [0, 0.1) is 11.7 Å². The minimum atomic E-state index is -0.591. The quantitative estimate of drug-likeness (QED) is 0.230. The van der Waals surface area contributed by atoms with E-state index in [9.17, 15) is 9.90 Å². The van der Waals surface area contributed by atoms with Crippen LogP contribution in [0.4, 0.5) is 15.0 Å². The average molecular weight is 643 g/mol. The predicted molar refractivity (Wildman–Crippen MR) is 178 cm³/mol. The first-order valence-electron chi connectivity index (χ1n) is 15.7. The molecule has 3 aromatic carbocycles. The predicted octanol–water partition coefficient (Wildman–Crippen LogP) is 6.83. The maximum atomic E-state index is 17.0. The molecular weight excluding hydrogens is 607 g/mol. The topological polar surface area (TPSA) is 87.0 Å². The number of nitrogens with zero attached hydrogens (tertiary/aromatic N) is 6. The minimum absolute atomic E-state index is 0.0248. The van der Waals surface area contributed by atoms with Gasteiger partial charge in [-0.1, -0.05) is 35.9 Å². The molecular formula is C35H36ClFN6O3. The number of anilines is 1. The van der Waals surface area contributed by atoms with Crippen molar-refractivity contribution >= 4 is 56.2 Å². The zero-order valence-electron chi connectivity index (χ0n) is 26.5. The number of pyridine rings is 1. The molecule has 238 valence electrons.